The van der Waals surface area contributed by atoms with Gasteiger partial charge in [-0.1, -0.05) is 30.7 Å². The molecule has 5 rings (SSSR count). The second kappa shape index (κ2) is 12.9. The molecule has 0 spiro atoms. The normalized spacial score (nSPS) is 13.6. The van der Waals surface area contributed by atoms with Crippen molar-refractivity contribution >= 4 is 28.5 Å². The molecule has 0 aliphatic carbocycles. The first-order valence-corrected chi connectivity index (χ1v) is 15.5. The molecule has 0 radical (unpaired) electrons. The van der Waals surface area contributed by atoms with Gasteiger partial charge in [0, 0.05) is 41.7 Å². The molecular formula is C34H42ClN3O4. The predicted octanol–water partition coefficient (Wildman–Crippen LogP) is 7.68. The molecule has 0 unspecified atom stereocenters. The standard InChI is InChI=1S/C34H42ClN3O4/c1-7-27-30-28(37(6)36-27)20-40-16-10-9-15-38-32-26(14-13-21(3)29(30)32)25(33(38)34(39)41-8-2)12-11-17-42-24-18-22(4)31(35)23(5)19-24/h13-14,18-19H,7-12,15-17,20H2,1-6H3. The van der Waals surface area contributed by atoms with Gasteiger partial charge in [-0.15, -0.1) is 0 Å². The topological polar surface area (TPSA) is 67.5 Å². The molecule has 0 saturated carbocycles. The number of benzene rings is 2. The highest BCUT2D eigenvalue weighted by atomic mass is 35.5. The van der Waals surface area contributed by atoms with E-state index in [9.17, 15) is 4.79 Å². The van der Waals surface area contributed by atoms with Gasteiger partial charge in [-0.05, 0) is 94.2 Å². The van der Waals surface area contributed by atoms with Crippen molar-refractivity contribution in [2.24, 2.45) is 7.05 Å². The van der Waals surface area contributed by atoms with Gasteiger partial charge < -0.3 is 18.8 Å². The lowest BCUT2D eigenvalue weighted by Gasteiger charge is -2.15. The van der Waals surface area contributed by atoms with Gasteiger partial charge in [0.05, 0.1) is 36.7 Å². The molecule has 0 bridgehead atoms. The molecule has 224 valence electrons. The molecule has 0 amide bonds. The number of aryl methyl sites for hydroxylation is 7. The second-order valence-corrected chi connectivity index (χ2v) is 11.6. The Labute approximate surface area is 253 Å². The van der Waals surface area contributed by atoms with Crippen molar-refractivity contribution in [3.8, 4) is 16.9 Å². The van der Waals surface area contributed by atoms with E-state index < -0.39 is 0 Å². The van der Waals surface area contributed by atoms with E-state index in [2.05, 4.69) is 30.5 Å². The molecular weight excluding hydrogens is 550 g/mol. The van der Waals surface area contributed by atoms with Crippen molar-refractivity contribution in [1.29, 1.82) is 0 Å². The Bertz CT molecular complexity index is 1590. The van der Waals surface area contributed by atoms with Crippen molar-refractivity contribution in [3.63, 3.8) is 0 Å². The number of fused-ring (bicyclic) bond motifs is 2. The molecule has 0 fully saturated rings. The predicted molar refractivity (Wildman–Crippen MR) is 168 cm³/mol. The van der Waals surface area contributed by atoms with E-state index in [0.29, 0.717) is 45.1 Å². The highest BCUT2D eigenvalue weighted by Crippen LogP contribution is 2.41. The Hall–Kier alpha value is -3.29. The van der Waals surface area contributed by atoms with Gasteiger partial charge >= 0.3 is 5.97 Å². The number of nitrogens with zero attached hydrogens (tertiary/aromatic N) is 3. The number of rotatable bonds is 8. The third-order valence-electron chi connectivity index (χ3n) is 8.24. The summed E-state index contributed by atoms with van der Waals surface area (Å²) in [5.74, 6) is 0.540. The molecule has 0 N–H and O–H groups in total. The highest BCUT2D eigenvalue weighted by molar-refractivity contribution is 6.32. The number of esters is 1. The van der Waals surface area contributed by atoms with E-state index in [1.165, 1.54) is 0 Å². The van der Waals surface area contributed by atoms with Crippen LogP contribution in [0.15, 0.2) is 24.3 Å². The fourth-order valence-corrected chi connectivity index (χ4v) is 6.35. The molecule has 7 nitrogen and oxygen atoms in total. The summed E-state index contributed by atoms with van der Waals surface area (Å²) in [7, 11) is 1.99. The zero-order valence-electron chi connectivity index (χ0n) is 25.7. The van der Waals surface area contributed by atoms with E-state index in [4.69, 9.17) is 30.9 Å². The van der Waals surface area contributed by atoms with E-state index in [1.54, 1.807) is 0 Å². The van der Waals surface area contributed by atoms with Crippen LogP contribution >= 0.6 is 11.6 Å². The van der Waals surface area contributed by atoms with Crippen molar-refractivity contribution in [2.45, 2.75) is 79.9 Å². The summed E-state index contributed by atoms with van der Waals surface area (Å²) in [4.78, 5) is 13.7. The molecule has 4 aromatic rings. The highest BCUT2D eigenvalue weighted by Gasteiger charge is 2.29. The summed E-state index contributed by atoms with van der Waals surface area (Å²) in [5, 5.41) is 6.76. The van der Waals surface area contributed by atoms with Crippen LogP contribution in [-0.4, -0.2) is 40.1 Å². The minimum absolute atomic E-state index is 0.273. The summed E-state index contributed by atoms with van der Waals surface area (Å²) in [6.07, 6.45) is 4.05. The quantitative estimate of drug-likeness (QED) is 0.155. The monoisotopic (exact) mass is 591 g/mol. The lowest BCUT2D eigenvalue weighted by atomic mass is 9.93. The summed E-state index contributed by atoms with van der Waals surface area (Å²) in [5.41, 5.74) is 10.3. The van der Waals surface area contributed by atoms with Crippen LogP contribution in [0, 0.1) is 20.8 Å². The first kappa shape index (κ1) is 30.2. The number of aromatic nitrogens is 3. The van der Waals surface area contributed by atoms with Crippen LogP contribution in [0.5, 0.6) is 5.75 Å². The summed E-state index contributed by atoms with van der Waals surface area (Å²) in [6, 6.07) is 8.30. The van der Waals surface area contributed by atoms with Crippen molar-refractivity contribution in [3.05, 3.63) is 68.6 Å². The Morgan fingerprint density at radius 1 is 1.07 bits per heavy atom. The summed E-state index contributed by atoms with van der Waals surface area (Å²) < 4.78 is 22.1. The SMILES string of the molecule is CCOC(=O)c1c(CCCOc2cc(C)c(Cl)c(C)c2)c2ccc(C)c3c2n1CCCCOCc1c-3c(CC)nn1C. The molecule has 42 heavy (non-hydrogen) atoms. The van der Waals surface area contributed by atoms with Gasteiger partial charge in [0.25, 0.3) is 0 Å². The smallest absolute Gasteiger partial charge is 0.355 e. The molecule has 1 aliphatic heterocycles. The van der Waals surface area contributed by atoms with Gasteiger partial charge in [-0.3, -0.25) is 4.68 Å². The molecule has 0 saturated heterocycles. The van der Waals surface area contributed by atoms with Crippen molar-refractivity contribution in [2.75, 3.05) is 19.8 Å². The molecule has 0 atom stereocenters. The Balaban J connectivity index is 1.63. The van der Waals surface area contributed by atoms with Crippen molar-refractivity contribution < 1.29 is 19.0 Å². The maximum atomic E-state index is 13.7. The molecule has 3 heterocycles. The van der Waals surface area contributed by atoms with Crippen LogP contribution in [0.1, 0.15) is 77.2 Å². The van der Waals surface area contributed by atoms with Crippen LogP contribution in [0.2, 0.25) is 5.02 Å². The first-order valence-electron chi connectivity index (χ1n) is 15.1. The van der Waals surface area contributed by atoms with Crippen LogP contribution < -0.4 is 4.74 Å². The first-order chi connectivity index (χ1) is 20.3. The average Bonchev–Trinajstić information content (AvgIpc) is 3.43. The van der Waals surface area contributed by atoms with Gasteiger partial charge in [-0.25, -0.2) is 4.79 Å². The Morgan fingerprint density at radius 3 is 2.55 bits per heavy atom. The number of hydrogen-bond donors (Lipinski definition) is 0. The average molecular weight is 592 g/mol. The maximum Gasteiger partial charge on any atom is 0.355 e. The van der Waals surface area contributed by atoms with E-state index in [0.717, 1.165) is 92.1 Å². The number of halogens is 1. The fraction of sp³-hybridized carbons (Fsp3) is 0.471. The van der Waals surface area contributed by atoms with Crippen LogP contribution in [0.4, 0.5) is 0 Å². The van der Waals surface area contributed by atoms with Gasteiger partial charge in [-0.2, -0.15) is 5.10 Å². The minimum Gasteiger partial charge on any atom is -0.494 e. The number of carbonyl (C=O) groups is 1. The third-order valence-corrected chi connectivity index (χ3v) is 8.83. The Morgan fingerprint density at radius 2 is 1.83 bits per heavy atom. The van der Waals surface area contributed by atoms with Gasteiger partial charge in [0.15, 0.2) is 0 Å². The minimum atomic E-state index is -0.273. The summed E-state index contributed by atoms with van der Waals surface area (Å²) in [6.45, 7) is 12.9. The molecule has 2 aromatic carbocycles. The molecule has 2 aromatic heterocycles. The number of carbonyl (C=O) groups excluding carboxylic acids is 1. The number of hydrogen-bond acceptors (Lipinski definition) is 5. The van der Waals surface area contributed by atoms with Crippen LogP contribution in [-0.2, 0) is 42.5 Å². The van der Waals surface area contributed by atoms with Crippen LogP contribution in [0.25, 0.3) is 22.0 Å². The van der Waals surface area contributed by atoms with Crippen molar-refractivity contribution in [1.82, 2.24) is 14.3 Å². The van der Waals surface area contributed by atoms with E-state index in [1.807, 2.05) is 44.6 Å². The lowest BCUT2D eigenvalue weighted by molar-refractivity contribution is 0.0512. The molecule has 1 aliphatic rings. The second-order valence-electron chi connectivity index (χ2n) is 11.2. The fourth-order valence-electron chi connectivity index (χ4n) is 6.24. The largest absolute Gasteiger partial charge is 0.494 e. The van der Waals surface area contributed by atoms with E-state index in [-0.39, 0.29) is 5.97 Å². The molecule has 8 heteroatoms. The zero-order valence-corrected chi connectivity index (χ0v) is 26.5. The lowest BCUT2D eigenvalue weighted by Crippen LogP contribution is -2.15. The maximum absolute atomic E-state index is 13.7. The number of ether oxygens (including phenoxy) is 3. The zero-order chi connectivity index (χ0) is 30.0. The van der Waals surface area contributed by atoms with E-state index >= 15 is 0 Å². The Kier molecular flexibility index (Phi) is 9.28. The summed E-state index contributed by atoms with van der Waals surface area (Å²) >= 11 is 6.35. The van der Waals surface area contributed by atoms with Crippen LogP contribution in [0.3, 0.4) is 0 Å². The van der Waals surface area contributed by atoms with Gasteiger partial charge in [0.1, 0.15) is 11.4 Å². The van der Waals surface area contributed by atoms with Gasteiger partial charge in [0.2, 0.25) is 0 Å². The third kappa shape index (κ3) is 5.69.